The SMILES string of the molecule is COc1cccc(C(=O)N2CCC(N(CCN3CCOCC3)C(C)=O)C2)c1. The van der Waals surface area contributed by atoms with Crippen molar-refractivity contribution in [2.24, 2.45) is 0 Å². The molecule has 0 radical (unpaired) electrons. The van der Waals surface area contributed by atoms with Crippen molar-refractivity contribution in [3.8, 4) is 5.75 Å². The van der Waals surface area contributed by atoms with Crippen molar-refractivity contribution in [2.75, 3.05) is 59.6 Å². The Morgan fingerprint density at radius 1 is 1.26 bits per heavy atom. The van der Waals surface area contributed by atoms with Crippen LogP contribution in [-0.2, 0) is 9.53 Å². The van der Waals surface area contributed by atoms with E-state index in [4.69, 9.17) is 9.47 Å². The van der Waals surface area contributed by atoms with E-state index >= 15 is 0 Å². The van der Waals surface area contributed by atoms with E-state index in [1.54, 1.807) is 26.2 Å². The highest BCUT2D eigenvalue weighted by atomic mass is 16.5. The number of hydrogen-bond acceptors (Lipinski definition) is 5. The van der Waals surface area contributed by atoms with Gasteiger partial charge in [0.05, 0.1) is 26.4 Å². The van der Waals surface area contributed by atoms with Gasteiger partial charge in [-0.15, -0.1) is 0 Å². The van der Waals surface area contributed by atoms with E-state index in [0.29, 0.717) is 30.9 Å². The van der Waals surface area contributed by atoms with Crippen LogP contribution in [0, 0.1) is 0 Å². The third-order valence-electron chi connectivity index (χ3n) is 5.37. The summed E-state index contributed by atoms with van der Waals surface area (Å²) >= 11 is 0. The molecule has 7 nitrogen and oxygen atoms in total. The number of rotatable bonds is 6. The van der Waals surface area contributed by atoms with Crippen molar-refractivity contribution in [2.45, 2.75) is 19.4 Å². The Balaban J connectivity index is 1.58. The summed E-state index contributed by atoms with van der Waals surface area (Å²) in [4.78, 5) is 31.1. The van der Waals surface area contributed by atoms with Crippen molar-refractivity contribution in [1.82, 2.24) is 14.7 Å². The van der Waals surface area contributed by atoms with Crippen LogP contribution in [0.25, 0.3) is 0 Å². The Labute approximate surface area is 160 Å². The number of carbonyl (C=O) groups excluding carboxylic acids is 2. The molecule has 0 N–H and O–H groups in total. The second-order valence-electron chi connectivity index (χ2n) is 7.09. The fraction of sp³-hybridized carbons (Fsp3) is 0.600. The molecule has 7 heteroatoms. The molecule has 1 aromatic rings. The van der Waals surface area contributed by atoms with Gasteiger partial charge in [-0.3, -0.25) is 14.5 Å². The zero-order valence-corrected chi connectivity index (χ0v) is 16.2. The molecule has 1 atom stereocenters. The van der Waals surface area contributed by atoms with Gasteiger partial charge in [0.2, 0.25) is 5.91 Å². The number of nitrogens with zero attached hydrogens (tertiary/aromatic N) is 3. The highest BCUT2D eigenvalue weighted by Crippen LogP contribution is 2.20. The molecule has 2 fully saturated rings. The molecule has 1 aromatic carbocycles. The van der Waals surface area contributed by atoms with Crippen molar-refractivity contribution >= 4 is 11.8 Å². The summed E-state index contributed by atoms with van der Waals surface area (Å²) in [6.45, 7) is 7.75. The molecule has 148 valence electrons. The molecule has 2 heterocycles. The Bertz CT molecular complexity index is 660. The summed E-state index contributed by atoms with van der Waals surface area (Å²) in [5.74, 6) is 0.740. The molecule has 2 saturated heterocycles. The van der Waals surface area contributed by atoms with E-state index in [2.05, 4.69) is 4.90 Å². The lowest BCUT2D eigenvalue weighted by molar-refractivity contribution is -0.131. The number of ether oxygens (including phenoxy) is 2. The molecule has 2 amide bonds. The molecule has 0 aliphatic carbocycles. The van der Waals surface area contributed by atoms with Crippen LogP contribution in [0.3, 0.4) is 0 Å². The summed E-state index contributed by atoms with van der Waals surface area (Å²) in [7, 11) is 1.59. The molecule has 1 unspecified atom stereocenters. The van der Waals surface area contributed by atoms with E-state index in [1.165, 1.54) is 0 Å². The van der Waals surface area contributed by atoms with Gasteiger partial charge in [0.1, 0.15) is 5.75 Å². The van der Waals surface area contributed by atoms with Crippen molar-refractivity contribution < 1.29 is 19.1 Å². The van der Waals surface area contributed by atoms with Crippen molar-refractivity contribution in [3.05, 3.63) is 29.8 Å². The Kier molecular flexibility index (Phi) is 6.68. The van der Waals surface area contributed by atoms with Gasteiger partial charge in [-0.25, -0.2) is 0 Å². The lowest BCUT2D eigenvalue weighted by Crippen LogP contribution is -2.47. The predicted octanol–water partition coefficient (Wildman–Crippen LogP) is 1.09. The Hall–Kier alpha value is -2.12. The van der Waals surface area contributed by atoms with Gasteiger partial charge in [0.15, 0.2) is 0 Å². The minimum Gasteiger partial charge on any atom is -0.497 e. The maximum absolute atomic E-state index is 12.8. The monoisotopic (exact) mass is 375 g/mol. The molecule has 0 saturated carbocycles. The van der Waals surface area contributed by atoms with Gasteiger partial charge in [0.25, 0.3) is 5.91 Å². The van der Waals surface area contributed by atoms with Crippen LogP contribution in [0.15, 0.2) is 24.3 Å². The fourth-order valence-electron chi connectivity index (χ4n) is 3.79. The van der Waals surface area contributed by atoms with Crippen molar-refractivity contribution in [1.29, 1.82) is 0 Å². The highest BCUT2D eigenvalue weighted by Gasteiger charge is 2.32. The Morgan fingerprint density at radius 2 is 2.04 bits per heavy atom. The number of likely N-dealkylation sites (tertiary alicyclic amines) is 1. The van der Waals surface area contributed by atoms with Gasteiger partial charge in [-0.05, 0) is 24.6 Å². The summed E-state index contributed by atoms with van der Waals surface area (Å²) < 4.78 is 10.6. The van der Waals surface area contributed by atoms with Crippen molar-refractivity contribution in [3.63, 3.8) is 0 Å². The van der Waals surface area contributed by atoms with Gasteiger partial charge in [-0.2, -0.15) is 0 Å². The lowest BCUT2D eigenvalue weighted by atomic mass is 10.2. The van der Waals surface area contributed by atoms with Crippen LogP contribution < -0.4 is 4.74 Å². The first-order chi connectivity index (χ1) is 13.1. The molecular formula is C20H29N3O4. The molecule has 3 rings (SSSR count). The standard InChI is InChI=1S/C20H29N3O4/c1-16(24)23(9-8-21-10-12-27-13-11-21)18-6-7-22(15-18)20(25)17-4-3-5-19(14-17)26-2/h3-5,14,18H,6-13,15H2,1-2H3. The zero-order chi connectivity index (χ0) is 19.2. The summed E-state index contributed by atoms with van der Waals surface area (Å²) in [5.41, 5.74) is 0.623. The number of methoxy groups -OCH3 is 1. The average Bonchev–Trinajstić information content (AvgIpc) is 3.18. The number of hydrogen-bond donors (Lipinski definition) is 0. The van der Waals surface area contributed by atoms with Crippen LogP contribution in [0.4, 0.5) is 0 Å². The number of morpholine rings is 1. The number of benzene rings is 1. The maximum Gasteiger partial charge on any atom is 0.254 e. The molecule has 0 bridgehead atoms. The second kappa shape index (κ2) is 9.19. The lowest BCUT2D eigenvalue weighted by Gasteiger charge is -2.32. The highest BCUT2D eigenvalue weighted by molar-refractivity contribution is 5.94. The minimum absolute atomic E-state index is 0.00641. The smallest absolute Gasteiger partial charge is 0.254 e. The van der Waals surface area contributed by atoms with Crippen LogP contribution in [0.1, 0.15) is 23.7 Å². The molecule has 27 heavy (non-hydrogen) atoms. The predicted molar refractivity (Wildman–Crippen MR) is 102 cm³/mol. The molecule has 2 aliphatic heterocycles. The second-order valence-corrected chi connectivity index (χ2v) is 7.09. The van der Waals surface area contributed by atoms with E-state index in [1.807, 2.05) is 21.9 Å². The number of amides is 2. The van der Waals surface area contributed by atoms with Gasteiger partial charge >= 0.3 is 0 Å². The van der Waals surface area contributed by atoms with Crippen LogP contribution >= 0.6 is 0 Å². The maximum atomic E-state index is 12.8. The van der Waals surface area contributed by atoms with Crippen LogP contribution in [0.2, 0.25) is 0 Å². The fourth-order valence-corrected chi connectivity index (χ4v) is 3.79. The van der Waals surface area contributed by atoms with E-state index in [0.717, 1.165) is 39.3 Å². The zero-order valence-electron chi connectivity index (χ0n) is 16.2. The summed E-state index contributed by atoms with van der Waals surface area (Å²) in [5, 5.41) is 0. The first-order valence-corrected chi connectivity index (χ1v) is 9.59. The largest absolute Gasteiger partial charge is 0.497 e. The third kappa shape index (κ3) is 4.99. The van der Waals surface area contributed by atoms with Gasteiger partial charge in [-0.1, -0.05) is 6.07 Å². The quantitative estimate of drug-likeness (QED) is 0.745. The van der Waals surface area contributed by atoms with E-state index < -0.39 is 0 Å². The Morgan fingerprint density at radius 3 is 2.74 bits per heavy atom. The topological polar surface area (TPSA) is 62.3 Å². The summed E-state index contributed by atoms with van der Waals surface area (Å²) in [6.07, 6.45) is 0.818. The minimum atomic E-state index is -0.00641. The van der Waals surface area contributed by atoms with E-state index in [9.17, 15) is 9.59 Å². The van der Waals surface area contributed by atoms with Gasteiger partial charge in [0, 0.05) is 51.8 Å². The first kappa shape index (κ1) is 19.6. The van der Waals surface area contributed by atoms with E-state index in [-0.39, 0.29) is 17.9 Å². The average molecular weight is 375 g/mol. The molecule has 2 aliphatic rings. The van der Waals surface area contributed by atoms with Crippen LogP contribution in [0.5, 0.6) is 5.75 Å². The number of carbonyl (C=O) groups is 2. The molecular weight excluding hydrogens is 346 g/mol. The third-order valence-corrected chi connectivity index (χ3v) is 5.37. The molecule has 0 aromatic heterocycles. The molecule has 0 spiro atoms. The summed E-state index contributed by atoms with van der Waals surface area (Å²) in [6, 6.07) is 7.30. The first-order valence-electron chi connectivity index (χ1n) is 9.59. The normalized spacial score (nSPS) is 20.5. The van der Waals surface area contributed by atoms with Crippen LogP contribution in [-0.4, -0.2) is 92.1 Å². The van der Waals surface area contributed by atoms with Gasteiger partial charge < -0.3 is 19.3 Å².